The molecule has 8 nitrogen and oxygen atoms in total. The van der Waals surface area contributed by atoms with Gasteiger partial charge >= 0.3 is 0 Å². The predicted molar refractivity (Wildman–Crippen MR) is 116 cm³/mol. The number of hydrogen-bond donors (Lipinski definition) is 2. The number of anilines is 1. The second-order valence-electron chi connectivity index (χ2n) is 8.00. The monoisotopic (exact) mass is 430 g/mol. The van der Waals surface area contributed by atoms with E-state index in [4.69, 9.17) is 0 Å². The lowest BCUT2D eigenvalue weighted by Gasteiger charge is -2.38. The molecule has 2 N–H and O–H groups in total. The molecule has 0 aromatic heterocycles. The van der Waals surface area contributed by atoms with Crippen molar-refractivity contribution in [2.45, 2.75) is 19.0 Å². The second-order valence-corrected chi connectivity index (χ2v) is 8.00. The molecule has 1 fully saturated rings. The third kappa shape index (κ3) is 5.36. The van der Waals surface area contributed by atoms with Gasteiger partial charge in [-0.25, -0.2) is 4.39 Å². The van der Waals surface area contributed by atoms with Crippen LogP contribution in [0.4, 0.5) is 15.8 Å². The number of rotatable bonds is 7. The van der Waals surface area contributed by atoms with Crippen LogP contribution >= 0.6 is 0 Å². The molecule has 0 saturated carbocycles. The van der Waals surface area contributed by atoms with Gasteiger partial charge in [-0.1, -0.05) is 30.3 Å². The molecule has 9 heteroatoms. The molecule has 2 aromatic carbocycles. The smallest absolute Gasteiger partial charge is 0.293 e. The molecular formula is C22H27FN4O4. The largest absolute Gasteiger partial charge is 0.396 e. The van der Waals surface area contributed by atoms with Crippen molar-refractivity contribution in [3.05, 3.63) is 69.5 Å². The van der Waals surface area contributed by atoms with E-state index in [9.17, 15) is 24.4 Å². The van der Waals surface area contributed by atoms with Gasteiger partial charge in [0.15, 0.2) is 0 Å². The van der Waals surface area contributed by atoms with Crippen molar-refractivity contribution in [3.63, 3.8) is 0 Å². The van der Waals surface area contributed by atoms with E-state index in [-0.39, 0.29) is 29.5 Å². The molecular weight excluding hydrogens is 403 g/mol. The number of halogens is 1. The number of nitrogens with one attached hydrogen (secondary N) is 1. The molecule has 0 bridgehead atoms. The quantitative estimate of drug-likeness (QED) is 0.517. The van der Waals surface area contributed by atoms with Gasteiger partial charge in [-0.05, 0) is 18.5 Å². The highest BCUT2D eigenvalue weighted by molar-refractivity contribution is 5.96. The zero-order chi connectivity index (χ0) is 22.5. The van der Waals surface area contributed by atoms with E-state index in [2.05, 4.69) is 10.2 Å². The summed E-state index contributed by atoms with van der Waals surface area (Å²) >= 11 is 0. The Morgan fingerprint density at radius 2 is 2.03 bits per heavy atom. The number of benzene rings is 2. The molecule has 166 valence electrons. The number of aliphatic hydroxyl groups excluding tert-OH is 1. The number of nitro benzene ring substituents is 1. The Bertz CT molecular complexity index is 939. The highest BCUT2D eigenvalue weighted by Crippen LogP contribution is 2.30. The molecule has 31 heavy (non-hydrogen) atoms. The van der Waals surface area contributed by atoms with Crippen molar-refractivity contribution >= 4 is 17.3 Å². The van der Waals surface area contributed by atoms with E-state index in [0.717, 1.165) is 24.2 Å². The lowest BCUT2D eigenvalue weighted by Crippen LogP contribution is -2.53. The Labute approximate surface area is 180 Å². The molecule has 3 rings (SSSR count). The number of nitro groups is 1. The van der Waals surface area contributed by atoms with Crippen LogP contribution in [0.3, 0.4) is 0 Å². The molecule has 0 radical (unpaired) electrons. The molecule has 1 aliphatic rings. The fraction of sp³-hybridized carbons (Fsp3) is 0.409. The van der Waals surface area contributed by atoms with Gasteiger partial charge in [0.05, 0.1) is 10.5 Å². The summed E-state index contributed by atoms with van der Waals surface area (Å²) in [6.45, 7) is 1.85. The summed E-state index contributed by atoms with van der Waals surface area (Å²) in [5.41, 5.74) is 0.494. The first kappa shape index (κ1) is 22.6. The van der Waals surface area contributed by atoms with Crippen LogP contribution in [0.25, 0.3) is 0 Å². The van der Waals surface area contributed by atoms with Crippen molar-refractivity contribution in [3.8, 4) is 0 Å². The van der Waals surface area contributed by atoms with E-state index < -0.39 is 22.7 Å². The maximum absolute atomic E-state index is 14.6. The van der Waals surface area contributed by atoms with Gasteiger partial charge in [-0.2, -0.15) is 0 Å². The van der Waals surface area contributed by atoms with Gasteiger partial charge in [-0.15, -0.1) is 0 Å². The summed E-state index contributed by atoms with van der Waals surface area (Å²) < 4.78 is 14.6. The Kier molecular flexibility index (Phi) is 7.19. The summed E-state index contributed by atoms with van der Waals surface area (Å²) in [7, 11) is 3.13. The summed E-state index contributed by atoms with van der Waals surface area (Å²) in [5.74, 6) is -1.73. The number of carbonyl (C=O) groups is 1. The number of carbonyl (C=O) groups excluding carboxylic acids is 1. The van der Waals surface area contributed by atoms with Crippen molar-refractivity contribution in [2.75, 3.05) is 38.7 Å². The number of piperidine rings is 1. The van der Waals surface area contributed by atoms with Crippen molar-refractivity contribution < 1.29 is 19.2 Å². The van der Waals surface area contributed by atoms with Crippen molar-refractivity contribution in [1.29, 1.82) is 0 Å². The molecule has 0 unspecified atom stereocenters. The van der Waals surface area contributed by atoms with Gasteiger partial charge in [0.1, 0.15) is 11.5 Å². The van der Waals surface area contributed by atoms with Gasteiger partial charge < -0.3 is 15.3 Å². The van der Waals surface area contributed by atoms with E-state index in [0.29, 0.717) is 19.5 Å². The summed E-state index contributed by atoms with van der Waals surface area (Å²) in [5, 5.41) is 23.9. The molecule has 0 spiro atoms. The number of nitrogens with zero attached hydrogens (tertiary/aromatic N) is 3. The third-order valence-corrected chi connectivity index (χ3v) is 5.63. The number of hydrogen-bond acceptors (Lipinski definition) is 6. The van der Waals surface area contributed by atoms with Crippen LogP contribution in [-0.4, -0.2) is 60.7 Å². The van der Waals surface area contributed by atoms with E-state index >= 15 is 0 Å². The molecule has 1 heterocycles. The minimum atomic E-state index is -0.829. The van der Waals surface area contributed by atoms with Crippen molar-refractivity contribution in [2.24, 2.45) is 5.92 Å². The number of amides is 1. The fourth-order valence-electron chi connectivity index (χ4n) is 3.91. The van der Waals surface area contributed by atoms with Crippen LogP contribution in [0.1, 0.15) is 22.3 Å². The maximum atomic E-state index is 14.6. The van der Waals surface area contributed by atoms with Crippen LogP contribution < -0.4 is 10.2 Å². The first-order valence-electron chi connectivity index (χ1n) is 10.1. The standard InChI is InChI=1S/C22H27FN4O4/c1-25(2)20-11-18(23)17(10-21(20)27(30)31)22(29)24-19-13-26(9-8-16(19)14-28)12-15-6-4-3-5-7-15/h3-7,10-11,16,19,28H,8-9,12-14H2,1-2H3,(H,24,29)/t16-,19-/m1/s1. The second kappa shape index (κ2) is 9.84. The lowest BCUT2D eigenvalue weighted by atomic mass is 9.91. The van der Waals surface area contributed by atoms with E-state index in [1.54, 1.807) is 14.1 Å². The summed E-state index contributed by atoms with van der Waals surface area (Å²) in [6, 6.07) is 11.5. The fourth-order valence-corrected chi connectivity index (χ4v) is 3.91. The minimum Gasteiger partial charge on any atom is -0.396 e. The summed E-state index contributed by atoms with van der Waals surface area (Å²) in [4.78, 5) is 27.2. The topological polar surface area (TPSA) is 99.0 Å². The zero-order valence-electron chi connectivity index (χ0n) is 17.6. The highest BCUT2D eigenvalue weighted by atomic mass is 19.1. The Balaban J connectivity index is 1.78. The molecule has 1 aliphatic heterocycles. The molecule has 2 atom stereocenters. The van der Waals surface area contributed by atoms with Gasteiger partial charge in [-0.3, -0.25) is 19.8 Å². The lowest BCUT2D eigenvalue weighted by molar-refractivity contribution is -0.384. The Hall–Kier alpha value is -3.04. The number of aliphatic hydroxyl groups is 1. The number of likely N-dealkylation sites (tertiary alicyclic amines) is 1. The molecule has 2 aromatic rings. The van der Waals surface area contributed by atoms with Gasteiger partial charge in [0.2, 0.25) is 0 Å². The van der Waals surface area contributed by atoms with E-state index in [1.165, 1.54) is 4.90 Å². The Morgan fingerprint density at radius 1 is 1.32 bits per heavy atom. The first-order valence-corrected chi connectivity index (χ1v) is 10.1. The highest BCUT2D eigenvalue weighted by Gasteiger charge is 2.31. The normalized spacial score (nSPS) is 19.1. The van der Waals surface area contributed by atoms with Crippen LogP contribution in [0.2, 0.25) is 0 Å². The predicted octanol–water partition coefficient (Wildman–Crippen LogP) is 2.41. The average molecular weight is 430 g/mol. The van der Waals surface area contributed by atoms with E-state index in [1.807, 2.05) is 30.3 Å². The molecule has 1 amide bonds. The minimum absolute atomic E-state index is 0.0824. The zero-order valence-corrected chi connectivity index (χ0v) is 17.6. The molecule has 0 aliphatic carbocycles. The summed E-state index contributed by atoms with van der Waals surface area (Å²) in [6.07, 6.45) is 0.677. The van der Waals surface area contributed by atoms with Crippen LogP contribution in [0.15, 0.2) is 42.5 Å². The van der Waals surface area contributed by atoms with Crippen LogP contribution in [0, 0.1) is 21.8 Å². The van der Waals surface area contributed by atoms with Gasteiger partial charge in [0, 0.05) is 57.9 Å². The Morgan fingerprint density at radius 3 is 2.65 bits per heavy atom. The SMILES string of the molecule is CN(C)c1cc(F)c(C(=O)N[C@@H]2CN(Cc3ccccc3)CC[C@@H]2CO)cc1[N+](=O)[O-]. The third-order valence-electron chi connectivity index (χ3n) is 5.63. The molecule has 1 saturated heterocycles. The van der Waals surface area contributed by atoms with Crippen LogP contribution in [-0.2, 0) is 6.54 Å². The average Bonchev–Trinajstić information content (AvgIpc) is 2.74. The maximum Gasteiger partial charge on any atom is 0.293 e. The van der Waals surface area contributed by atoms with Crippen molar-refractivity contribution in [1.82, 2.24) is 10.2 Å². The van der Waals surface area contributed by atoms with Gasteiger partial charge in [0.25, 0.3) is 11.6 Å². The first-order chi connectivity index (χ1) is 14.8. The van der Waals surface area contributed by atoms with Crippen LogP contribution in [0.5, 0.6) is 0 Å².